The number of methoxy groups -OCH3 is 1. The predicted octanol–water partition coefficient (Wildman–Crippen LogP) is 2.18. The molecule has 0 heterocycles. The Labute approximate surface area is 94.2 Å². The Morgan fingerprint density at radius 2 is 1.94 bits per heavy atom. The minimum Gasteiger partial charge on any atom is -0.465 e. The number of esters is 2. The second-order valence-electron chi connectivity index (χ2n) is 3.21. The molecule has 0 aliphatic carbocycles. The van der Waals surface area contributed by atoms with Gasteiger partial charge in [0.15, 0.2) is 0 Å². The van der Waals surface area contributed by atoms with E-state index in [1.807, 2.05) is 6.92 Å². The number of carbonyl (C=O) groups is 2. The van der Waals surface area contributed by atoms with Crippen LogP contribution in [0.1, 0.15) is 30.1 Å². The number of rotatable bonds is 4. The molecule has 0 saturated carbocycles. The molecule has 0 radical (unpaired) electrons. The number of para-hydroxylation sites is 1. The van der Waals surface area contributed by atoms with Gasteiger partial charge < -0.3 is 9.47 Å². The molecule has 0 aromatic heterocycles. The van der Waals surface area contributed by atoms with Crippen molar-refractivity contribution in [1.82, 2.24) is 0 Å². The summed E-state index contributed by atoms with van der Waals surface area (Å²) in [6.45, 7) is 1.88. The van der Waals surface area contributed by atoms with Gasteiger partial charge in [-0.15, -0.1) is 0 Å². The van der Waals surface area contributed by atoms with Crippen molar-refractivity contribution in [3.63, 3.8) is 0 Å². The lowest BCUT2D eigenvalue weighted by atomic mass is 10.2. The van der Waals surface area contributed by atoms with Crippen molar-refractivity contribution in [3.05, 3.63) is 29.8 Å². The van der Waals surface area contributed by atoms with Crippen LogP contribution in [0.4, 0.5) is 0 Å². The molecule has 0 amide bonds. The summed E-state index contributed by atoms with van der Waals surface area (Å²) in [6.07, 6.45) is 1.04. The first-order valence-electron chi connectivity index (χ1n) is 5.07. The number of benzene rings is 1. The minimum absolute atomic E-state index is 0.243. The third kappa shape index (κ3) is 3.08. The first kappa shape index (κ1) is 12.2. The van der Waals surface area contributed by atoms with E-state index in [1.54, 1.807) is 24.3 Å². The third-order valence-electron chi connectivity index (χ3n) is 1.97. The Hall–Kier alpha value is -1.84. The van der Waals surface area contributed by atoms with E-state index in [4.69, 9.17) is 4.74 Å². The SMILES string of the molecule is CCCC(=O)Oc1ccccc1C(=O)OC. The van der Waals surface area contributed by atoms with Gasteiger partial charge in [-0.2, -0.15) is 0 Å². The third-order valence-corrected chi connectivity index (χ3v) is 1.97. The smallest absolute Gasteiger partial charge is 0.341 e. The van der Waals surface area contributed by atoms with E-state index in [2.05, 4.69) is 4.74 Å². The average Bonchev–Trinajstić information content (AvgIpc) is 2.29. The van der Waals surface area contributed by atoms with Crippen molar-refractivity contribution in [3.8, 4) is 5.75 Å². The summed E-state index contributed by atoms with van der Waals surface area (Å²) in [5, 5.41) is 0. The molecule has 0 saturated heterocycles. The highest BCUT2D eigenvalue weighted by Crippen LogP contribution is 2.19. The lowest BCUT2D eigenvalue weighted by Gasteiger charge is -2.07. The molecule has 0 aliphatic heterocycles. The van der Waals surface area contributed by atoms with Crippen molar-refractivity contribution in [1.29, 1.82) is 0 Å². The Bertz CT molecular complexity index is 384. The molecule has 4 nitrogen and oxygen atoms in total. The molecule has 0 bridgehead atoms. The molecular weight excluding hydrogens is 208 g/mol. The first-order valence-corrected chi connectivity index (χ1v) is 5.07. The fourth-order valence-corrected chi connectivity index (χ4v) is 1.21. The van der Waals surface area contributed by atoms with E-state index in [9.17, 15) is 9.59 Å². The number of carbonyl (C=O) groups excluding carboxylic acids is 2. The summed E-state index contributed by atoms with van der Waals surface area (Å²) in [7, 11) is 1.28. The molecule has 0 spiro atoms. The molecule has 1 aromatic rings. The molecular formula is C12H14O4. The number of ether oxygens (including phenoxy) is 2. The van der Waals surface area contributed by atoms with Gasteiger partial charge >= 0.3 is 11.9 Å². The molecule has 0 N–H and O–H groups in total. The summed E-state index contributed by atoms with van der Waals surface area (Å²) in [6, 6.07) is 6.50. The Morgan fingerprint density at radius 1 is 1.25 bits per heavy atom. The van der Waals surface area contributed by atoms with Gasteiger partial charge in [0, 0.05) is 6.42 Å². The first-order chi connectivity index (χ1) is 7.69. The van der Waals surface area contributed by atoms with E-state index in [1.165, 1.54) is 7.11 Å². The van der Waals surface area contributed by atoms with Crippen LogP contribution in [-0.2, 0) is 9.53 Å². The lowest BCUT2D eigenvalue weighted by Crippen LogP contribution is -2.11. The van der Waals surface area contributed by atoms with Gasteiger partial charge in [0.05, 0.1) is 7.11 Å². The van der Waals surface area contributed by atoms with E-state index in [0.717, 1.165) is 0 Å². The van der Waals surface area contributed by atoms with Gasteiger partial charge in [0.1, 0.15) is 11.3 Å². The summed E-state index contributed by atoms with van der Waals surface area (Å²) >= 11 is 0. The zero-order valence-corrected chi connectivity index (χ0v) is 9.36. The molecule has 86 valence electrons. The molecule has 4 heteroatoms. The van der Waals surface area contributed by atoms with Gasteiger partial charge in [0.2, 0.25) is 0 Å². The van der Waals surface area contributed by atoms with E-state index >= 15 is 0 Å². The van der Waals surface area contributed by atoms with E-state index in [0.29, 0.717) is 12.8 Å². The van der Waals surface area contributed by atoms with Crippen molar-refractivity contribution in [2.24, 2.45) is 0 Å². The maximum atomic E-state index is 11.4. The quantitative estimate of drug-likeness (QED) is 0.578. The van der Waals surface area contributed by atoms with Crippen LogP contribution in [-0.4, -0.2) is 19.0 Å². The predicted molar refractivity (Wildman–Crippen MR) is 58.3 cm³/mol. The van der Waals surface area contributed by atoms with E-state index < -0.39 is 5.97 Å². The number of hydrogen-bond acceptors (Lipinski definition) is 4. The normalized spacial score (nSPS) is 9.62. The van der Waals surface area contributed by atoms with Gasteiger partial charge in [-0.3, -0.25) is 4.79 Å². The molecule has 1 aromatic carbocycles. The largest absolute Gasteiger partial charge is 0.465 e. The Morgan fingerprint density at radius 3 is 2.56 bits per heavy atom. The topological polar surface area (TPSA) is 52.6 Å². The highest BCUT2D eigenvalue weighted by molar-refractivity contribution is 5.93. The second-order valence-corrected chi connectivity index (χ2v) is 3.21. The summed E-state index contributed by atoms with van der Waals surface area (Å²) < 4.78 is 9.66. The summed E-state index contributed by atoms with van der Waals surface area (Å²) in [5.74, 6) is -0.619. The van der Waals surface area contributed by atoms with Crippen molar-refractivity contribution < 1.29 is 19.1 Å². The van der Waals surface area contributed by atoms with Crippen LogP contribution in [0, 0.1) is 0 Å². The van der Waals surface area contributed by atoms with Crippen LogP contribution >= 0.6 is 0 Å². The lowest BCUT2D eigenvalue weighted by molar-refractivity contribution is -0.134. The van der Waals surface area contributed by atoms with Crippen molar-refractivity contribution in [2.45, 2.75) is 19.8 Å². The summed E-state index contributed by atoms with van der Waals surface area (Å²) in [4.78, 5) is 22.7. The molecule has 1 rings (SSSR count). The van der Waals surface area contributed by atoms with Crippen LogP contribution in [0.25, 0.3) is 0 Å². The fourth-order valence-electron chi connectivity index (χ4n) is 1.21. The number of hydrogen-bond donors (Lipinski definition) is 0. The zero-order chi connectivity index (χ0) is 12.0. The maximum absolute atomic E-state index is 11.4. The maximum Gasteiger partial charge on any atom is 0.341 e. The molecule has 16 heavy (non-hydrogen) atoms. The van der Waals surface area contributed by atoms with Gasteiger partial charge in [-0.1, -0.05) is 19.1 Å². The van der Waals surface area contributed by atoms with Gasteiger partial charge in [0.25, 0.3) is 0 Å². The molecule has 0 atom stereocenters. The van der Waals surface area contributed by atoms with Crippen LogP contribution in [0.3, 0.4) is 0 Å². The molecule has 0 aliphatic rings. The average molecular weight is 222 g/mol. The second kappa shape index (κ2) is 5.90. The molecule has 0 unspecified atom stereocenters. The zero-order valence-electron chi connectivity index (χ0n) is 9.36. The van der Waals surface area contributed by atoms with Crippen molar-refractivity contribution in [2.75, 3.05) is 7.11 Å². The monoisotopic (exact) mass is 222 g/mol. The van der Waals surface area contributed by atoms with Crippen LogP contribution < -0.4 is 4.74 Å². The Kier molecular flexibility index (Phi) is 4.51. The van der Waals surface area contributed by atoms with Crippen LogP contribution in [0.5, 0.6) is 5.75 Å². The fraction of sp³-hybridized carbons (Fsp3) is 0.333. The highest BCUT2D eigenvalue weighted by Gasteiger charge is 2.14. The van der Waals surface area contributed by atoms with Gasteiger partial charge in [-0.05, 0) is 18.6 Å². The standard InChI is InChI=1S/C12H14O4/c1-3-6-11(13)16-10-8-5-4-7-9(10)12(14)15-2/h4-5,7-8H,3,6H2,1-2H3. The van der Waals surface area contributed by atoms with Crippen LogP contribution in [0.2, 0.25) is 0 Å². The van der Waals surface area contributed by atoms with Crippen LogP contribution in [0.15, 0.2) is 24.3 Å². The minimum atomic E-state index is -0.514. The highest BCUT2D eigenvalue weighted by atomic mass is 16.5. The molecule has 0 fully saturated rings. The van der Waals surface area contributed by atoms with Gasteiger partial charge in [-0.25, -0.2) is 4.79 Å². The Balaban J connectivity index is 2.87. The summed E-state index contributed by atoms with van der Waals surface area (Å²) in [5.41, 5.74) is 0.259. The van der Waals surface area contributed by atoms with E-state index in [-0.39, 0.29) is 17.3 Å². The van der Waals surface area contributed by atoms with Crippen molar-refractivity contribution >= 4 is 11.9 Å².